The molecule has 0 radical (unpaired) electrons. The number of rotatable bonds is 6. The van der Waals surface area contributed by atoms with E-state index >= 15 is 0 Å². The lowest BCUT2D eigenvalue weighted by Gasteiger charge is -2.15. The normalized spacial score (nSPS) is 12.9. The third-order valence-corrected chi connectivity index (χ3v) is 4.88. The molecular formula is C16H18ClNO3S. The molecule has 2 rings (SSSR count). The molecule has 0 bridgehead atoms. The van der Waals surface area contributed by atoms with Gasteiger partial charge in [0.1, 0.15) is 5.75 Å². The van der Waals surface area contributed by atoms with Gasteiger partial charge >= 0.3 is 0 Å². The lowest BCUT2D eigenvalue weighted by atomic mass is 10.1. The molecule has 4 nitrogen and oxygen atoms in total. The predicted octanol–water partition coefficient (Wildman–Crippen LogP) is 3.53. The Kier molecular flexibility index (Phi) is 5.45. The van der Waals surface area contributed by atoms with E-state index in [2.05, 4.69) is 4.72 Å². The van der Waals surface area contributed by atoms with E-state index in [1.807, 2.05) is 12.1 Å². The third kappa shape index (κ3) is 4.73. The van der Waals surface area contributed by atoms with Gasteiger partial charge in [0.15, 0.2) is 0 Å². The highest BCUT2D eigenvalue weighted by Gasteiger charge is 2.16. The van der Waals surface area contributed by atoms with Crippen molar-refractivity contribution in [2.45, 2.75) is 18.7 Å². The zero-order valence-electron chi connectivity index (χ0n) is 12.4. The Balaban J connectivity index is 2.07. The number of hydrogen-bond acceptors (Lipinski definition) is 3. The topological polar surface area (TPSA) is 55.4 Å². The van der Waals surface area contributed by atoms with Crippen LogP contribution >= 0.6 is 11.6 Å². The molecule has 0 aliphatic rings. The zero-order chi connectivity index (χ0) is 16.2. The molecule has 0 saturated carbocycles. The van der Waals surface area contributed by atoms with Crippen molar-refractivity contribution < 1.29 is 13.2 Å². The van der Waals surface area contributed by atoms with Crippen LogP contribution in [0.3, 0.4) is 0 Å². The van der Waals surface area contributed by atoms with Crippen LogP contribution in [-0.4, -0.2) is 15.5 Å². The first kappa shape index (κ1) is 16.8. The first-order valence-corrected chi connectivity index (χ1v) is 8.81. The highest BCUT2D eigenvalue weighted by Crippen LogP contribution is 2.19. The molecule has 0 aromatic heterocycles. The van der Waals surface area contributed by atoms with Gasteiger partial charge in [0, 0.05) is 11.1 Å². The Morgan fingerprint density at radius 1 is 1.18 bits per heavy atom. The molecule has 0 fully saturated rings. The number of ether oxygens (including phenoxy) is 1. The summed E-state index contributed by atoms with van der Waals surface area (Å²) >= 11 is 5.88. The SMILES string of the molecule is COc1ccc(C(C)NS(=O)(=O)Cc2cccc(Cl)c2)cc1. The van der Waals surface area contributed by atoms with Crippen molar-refractivity contribution in [2.75, 3.05) is 7.11 Å². The Hall–Kier alpha value is -1.56. The van der Waals surface area contributed by atoms with E-state index in [9.17, 15) is 8.42 Å². The highest BCUT2D eigenvalue weighted by molar-refractivity contribution is 7.88. The molecule has 1 atom stereocenters. The quantitative estimate of drug-likeness (QED) is 0.876. The summed E-state index contributed by atoms with van der Waals surface area (Å²) < 4.78 is 32.2. The molecule has 1 N–H and O–H groups in total. The van der Waals surface area contributed by atoms with Crippen molar-refractivity contribution in [2.24, 2.45) is 0 Å². The van der Waals surface area contributed by atoms with Gasteiger partial charge in [0.25, 0.3) is 0 Å². The summed E-state index contributed by atoms with van der Waals surface area (Å²) in [6.45, 7) is 1.80. The van der Waals surface area contributed by atoms with Gasteiger partial charge in [-0.3, -0.25) is 0 Å². The maximum Gasteiger partial charge on any atom is 0.216 e. The summed E-state index contributed by atoms with van der Waals surface area (Å²) in [5.41, 5.74) is 1.53. The number of hydrogen-bond donors (Lipinski definition) is 1. The van der Waals surface area contributed by atoms with E-state index in [1.165, 1.54) is 0 Å². The number of sulfonamides is 1. The molecular weight excluding hydrogens is 322 g/mol. The van der Waals surface area contributed by atoms with Crippen molar-refractivity contribution in [3.63, 3.8) is 0 Å². The summed E-state index contributed by atoms with van der Waals surface area (Å²) in [5.74, 6) is 0.631. The standard InChI is InChI=1S/C16H18ClNO3S/c1-12(14-6-8-16(21-2)9-7-14)18-22(19,20)11-13-4-3-5-15(17)10-13/h3-10,12,18H,11H2,1-2H3. The third-order valence-electron chi connectivity index (χ3n) is 3.22. The van der Waals surface area contributed by atoms with Crippen molar-refractivity contribution in [3.05, 3.63) is 64.7 Å². The fourth-order valence-corrected chi connectivity index (χ4v) is 3.71. The minimum atomic E-state index is -3.45. The number of benzene rings is 2. The lowest BCUT2D eigenvalue weighted by molar-refractivity contribution is 0.414. The van der Waals surface area contributed by atoms with E-state index in [-0.39, 0.29) is 11.8 Å². The molecule has 0 aliphatic carbocycles. The molecule has 0 heterocycles. The summed E-state index contributed by atoms with van der Waals surface area (Å²) in [6.07, 6.45) is 0. The van der Waals surface area contributed by atoms with Gasteiger partial charge < -0.3 is 4.74 Å². The summed E-state index contributed by atoms with van der Waals surface area (Å²) in [4.78, 5) is 0. The Bertz CT molecular complexity index is 729. The van der Waals surface area contributed by atoms with Gasteiger partial charge in [0.2, 0.25) is 10.0 Å². The Labute approximate surface area is 136 Å². The number of methoxy groups -OCH3 is 1. The first-order valence-electron chi connectivity index (χ1n) is 6.78. The molecule has 0 aliphatic heterocycles. The maximum atomic E-state index is 12.2. The predicted molar refractivity (Wildman–Crippen MR) is 88.6 cm³/mol. The molecule has 0 saturated heterocycles. The lowest BCUT2D eigenvalue weighted by Crippen LogP contribution is -2.28. The van der Waals surface area contributed by atoms with Gasteiger partial charge in [-0.25, -0.2) is 13.1 Å². The Morgan fingerprint density at radius 3 is 2.45 bits per heavy atom. The van der Waals surface area contributed by atoms with E-state index in [0.29, 0.717) is 10.6 Å². The van der Waals surface area contributed by atoms with Crippen LogP contribution in [0.5, 0.6) is 5.75 Å². The number of nitrogens with one attached hydrogen (secondary N) is 1. The van der Waals surface area contributed by atoms with E-state index in [1.54, 1.807) is 50.4 Å². The molecule has 2 aromatic carbocycles. The van der Waals surface area contributed by atoms with Crippen LogP contribution in [0.2, 0.25) is 5.02 Å². The van der Waals surface area contributed by atoms with Crippen LogP contribution < -0.4 is 9.46 Å². The molecule has 118 valence electrons. The smallest absolute Gasteiger partial charge is 0.216 e. The van der Waals surface area contributed by atoms with E-state index in [0.717, 1.165) is 11.3 Å². The van der Waals surface area contributed by atoms with Crippen molar-refractivity contribution in [1.29, 1.82) is 0 Å². The zero-order valence-corrected chi connectivity index (χ0v) is 14.0. The molecule has 0 spiro atoms. The fourth-order valence-electron chi connectivity index (χ4n) is 2.12. The fraction of sp³-hybridized carbons (Fsp3) is 0.250. The number of halogens is 1. The molecule has 22 heavy (non-hydrogen) atoms. The van der Waals surface area contributed by atoms with E-state index in [4.69, 9.17) is 16.3 Å². The second-order valence-electron chi connectivity index (χ2n) is 5.00. The van der Waals surface area contributed by atoms with Crippen LogP contribution in [0.1, 0.15) is 24.1 Å². The van der Waals surface area contributed by atoms with Crippen molar-refractivity contribution in [1.82, 2.24) is 4.72 Å². The van der Waals surface area contributed by atoms with E-state index < -0.39 is 10.0 Å². The van der Waals surface area contributed by atoms with Gasteiger partial charge in [-0.2, -0.15) is 0 Å². The van der Waals surface area contributed by atoms with Crippen LogP contribution in [0.25, 0.3) is 0 Å². The van der Waals surface area contributed by atoms with Crippen molar-refractivity contribution in [3.8, 4) is 5.75 Å². The monoisotopic (exact) mass is 339 g/mol. The second kappa shape index (κ2) is 7.13. The molecule has 6 heteroatoms. The highest BCUT2D eigenvalue weighted by atomic mass is 35.5. The molecule has 1 unspecified atom stereocenters. The van der Waals surface area contributed by atoms with Crippen LogP contribution in [-0.2, 0) is 15.8 Å². The average Bonchev–Trinajstić information content (AvgIpc) is 2.46. The van der Waals surface area contributed by atoms with Gasteiger partial charge in [-0.1, -0.05) is 35.9 Å². The van der Waals surface area contributed by atoms with Crippen LogP contribution in [0.4, 0.5) is 0 Å². The Morgan fingerprint density at radius 2 is 1.86 bits per heavy atom. The summed E-state index contributed by atoms with van der Waals surface area (Å²) in [7, 11) is -1.86. The minimum Gasteiger partial charge on any atom is -0.497 e. The maximum absolute atomic E-state index is 12.2. The minimum absolute atomic E-state index is 0.103. The van der Waals surface area contributed by atoms with Crippen molar-refractivity contribution >= 4 is 21.6 Å². The van der Waals surface area contributed by atoms with Gasteiger partial charge in [0.05, 0.1) is 12.9 Å². The molecule has 0 amide bonds. The summed E-state index contributed by atoms with van der Waals surface area (Å²) in [5, 5.41) is 0.524. The van der Waals surface area contributed by atoms with Gasteiger partial charge in [-0.15, -0.1) is 0 Å². The summed E-state index contributed by atoms with van der Waals surface area (Å²) in [6, 6.07) is 13.8. The average molecular weight is 340 g/mol. The first-order chi connectivity index (χ1) is 10.4. The second-order valence-corrected chi connectivity index (χ2v) is 7.19. The van der Waals surface area contributed by atoms with Crippen LogP contribution in [0.15, 0.2) is 48.5 Å². The largest absolute Gasteiger partial charge is 0.497 e. The van der Waals surface area contributed by atoms with Crippen LogP contribution in [0, 0.1) is 0 Å². The van der Waals surface area contributed by atoms with Gasteiger partial charge in [-0.05, 0) is 42.3 Å². The molecule has 2 aromatic rings.